The highest BCUT2D eigenvalue weighted by Crippen LogP contribution is 2.41. The van der Waals surface area contributed by atoms with Crippen molar-refractivity contribution in [3.05, 3.63) is 53.5 Å². The first-order chi connectivity index (χ1) is 6.86. The van der Waals surface area contributed by atoms with Crippen LogP contribution in [-0.2, 0) is 0 Å². The van der Waals surface area contributed by atoms with Crippen LogP contribution in [0.1, 0.15) is 5.56 Å². The standard InChI is InChI=1S/C11H9N3/c12-10-6-9-11(14(9)7-13-10)8-4-2-1-3-5-8/h1-7H,12H2. The molecule has 2 aliphatic heterocycles. The summed E-state index contributed by atoms with van der Waals surface area (Å²) in [5, 5.41) is 0. The second kappa shape index (κ2) is 2.48. The second-order valence-corrected chi connectivity index (χ2v) is 3.28. The molecule has 2 aliphatic rings. The Bertz CT molecular complexity index is 469. The van der Waals surface area contributed by atoms with E-state index in [0.717, 1.165) is 5.70 Å². The van der Waals surface area contributed by atoms with E-state index in [1.807, 2.05) is 29.2 Å². The van der Waals surface area contributed by atoms with Gasteiger partial charge >= 0.3 is 0 Å². The van der Waals surface area contributed by atoms with Gasteiger partial charge in [0.15, 0.2) is 0 Å². The fraction of sp³-hybridized carbons (Fsp3) is 0. The zero-order chi connectivity index (χ0) is 9.54. The van der Waals surface area contributed by atoms with Crippen LogP contribution in [0.25, 0.3) is 5.70 Å². The van der Waals surface area contributed by atoms with Gasteiger partial charge in [0.25, 0.3) is 0 Å². The molecule has 0 radical (unpaired) electrons. The molecule has 0 saturated carbocycles. The van der Waals surface area contributed by atoms with E-state index in [2.05, 4.69) is 17.1 Å². The van der Waals surface area contributed by atoms with Crippen LogP contribution in [-0.4, -0.2) is 11.2 Å². The highest BCUT2D eigenvalue weighted by atomic mass is 15.3. The van der Waals surface area contributed by atoms with Crippen LogP contribution in [0, 0.1) is 0 Å². The summed E-state index contributed by atoms with van der Waals surface area (Å²) >= 11 is 0. The van der Waals surface area contributed by atoms with Crippen molar-refractivity contribution >= 4 is 12.0 Å². The third-order valence-electron chi connectivity index (χ3n) is 2.35. The quantitative estimate of drug-likeness (QED) is 0.717. The Morgan fingerprint density at radius 3 is 2.64 bits per heavy atom. The average Bonchev–Trinajstić information content (AvgIpc) is 2.92. The lowest BCUT2D eigenvalue weighted by Crippen LogP contribution is -2.05. The topological polar surface area (TPSA) is 41.4 Å². The smallest absolute Gasteiger partial charge is 0.127 e. The Balaban J connectivity index is 2.02. The fourth-order valence-electron chi connectivity index (χ4n) is 1.63. The molecule has 0 amide bonds. The normalized spacial score (nSPS) is 18.0. The first-order valence-electron chi connectivity index (χ1n) is 4.46. The molecular formula is C11H9N3. The van der Waals surface area contributed by atoms with Crippen molar-refractivity contribution in [2.75, 3.05) is 0 Å². The number of nitrogens with zero attached hydrogens (tertiary/aromatic N) is 2. The first kappa shape index (κ1) is 7.38. The van der Waals surface area contributed by atoms with Crippen LogP contribution < -0.4 is 5.73 Å². The van der Waals surface area contributed by atoms with E-state index in [-0.39, 0.29) is 0 Å². The molecule has 0 aliphatic carbocycles. The Kier molecular flexibility index (Phi) is 1.31. The summed E-state index contributed by atoms with van der Waals surface area (Å²) in [6.07, 6.45) is 3.65. The predicted octanol–water partition coefficient (Wildman–Crippen LogP) is 1.51. The van der Waals surface area contributed by atoms with Gasteiger partial charge in [0, 0.05) is 11.6 Å². The molecule has 2 heterocycles. The predicted molar refractivity (Wildman–Crippen MR) is 56.0 cm³/mol. The minimum Gasteiger partial charge on any atom is -0.384 e. The highest BCUT2D eigenvalue weighted by Gasteiger charge is 2.33. The monoisotopic (exact) mass is 183 g/mol. The van der Waals surface area contributed by atoms with E-state index in [1.165, 1.54) is 11.3 Å². The molecule has 1 aromatic carbocycles. The van der Waals surface area contributed by atoms with Crippen molar-refractivity contribution in [3.63, 3.8) is 0 Å². The summed E-state index contributed by atoms with van der Waals surface area (Å²) in [7, 11) is 0. The summed E-state index contributed by atoms with van der Waals surface area (Å²) < 4.78 is 0. The molecule has 0 unspecified atom stereocenters. The van der Waals surface area contributed by atoms with Crippen LogP contribution in [0.5, 0.6) is 0 Å². The summed E-state index contributed by atoms with van der Waals surface area (Å²) in [4.78, 5) is 6.06. The van der Waals surface area contributed by atoms with Gasteiger partial charge in [0.2, 0.25) is 0 Å². The number of allylic oxidation sites excluding steroid dienone is 1. The maximum absolute atomic E-state index is 5.59. The average molecular weight is 183 g/mol. The van der Waals surface area contributed by atoms with Gasteiger partial charge in [-0.05, 0) is 0 Å². The van der Waals surface area contributed by atoms with E-state index in [4.69, 9.17) is 5.73 Å². The molecule has 68 valence electrons. The number of hydrogen-bond acceptors (Lipinski definition) is 3. The largest absolute Gasteiger partial charge is 0.384 e. The summed E-state index contributed by atoms with van der Waals surface area (Å²) in [5.41, 5.74) is 9.16. The van der Waals surface area contributed by atoms with Crippen LogP contribution in [0.15, 0.2) is 52.9 Å². The first-order valence-corrected chi connectivity index (χ1v) is 4.46. The van der Waals surface area contributed by atoms with Gasteiger partial charge in [-0.15, -0.1) is 0 Å². The number of rotatable bonds is 1. The molecule has 0 spiro atoms. The number of hydrogen-bond donors (Lipinski definition) is 1. The zero-order valence-electron chi connectivity index (χ0n) is 7.51. The molecule has 3 rings (SSSR count). The van der Waals surface area contributed by atoms with Gasteiger partial charge < -0.3 is 5.73 Å². The summed E-state index contributed by atoms with van der Waals surface area (Å²) in [5.74, 6) is 0.571. The molecule has 0 saturated heterocycles. The Hall–Kier alpha value is -2.03. The Morgan fingerprint density at radius 1 is 1.14 bits per heavy atom. The van der Waals surface area contributed by atoms with Crippen LogP contribution in [0.4, 0.5) is 0 Å². The van der Waals surface area contributed by atoms with E-state index in [9.17, 15) is 0 Å². The molecular weight excluding hydrogens is 174 g/mol. The maximum Gasteiger partial charge on any atom is 0.127 e. The van der Waals surface area contributed by atoms with Crippen molar-refractivity contribution in [1.82, 2.24) is 4.90 Å². The minimum atomic E-state index is 0.571. The third-order valence-corrected chi connectivity index (χ3v) is 2.35. The van der Waals surface area contributed by atoms with Gasteiger partial charge in [-0.2, -0.15) is 0 Å². The minimum absolute atomic E-state index is 0.571. The van der Waals surface area contributed by atoms with Gasteiger partial charge in [0.1, 0.15) is 12.2 Å². The SMILES string of the molecule is NC1=CC2=C(c3ccccc3)N2C=N1. The second-order valence-electron chi connectivity index (χ2n) is 3.28. The van der Waals surface area contributed by atoms with E-state index >= 15 is 0 Å². The molecule has 0 aromatic heterocycles. The lowest BCUT2D eigenvalue weighted by Gasteiger charge is -2.02. The number of fused-ring (bicyclic) bond motifs is 1. The molecule has 3 nitrogen and oxygen atoms in total. The summed E-state index contributed by atoms with van der Waals surface area (Å²) in [6, 6.07) is 10.2. The van der Waals surface area contributed by atoms with Crippen LogP contribution >= 0.6 is 0 Å². The zero-order valence-corrected chi connectivity index (χ0v) is 7.51. The number of benzene rings is 1. The molecule has 3 heteroatoms. The van der Waals surface area contributed by atoms with Crippen molar-refractivity contribution in [3.8, 4) is 0 Å². The number of nitrogens with two attached hydrogens (primary N) is 1. The van der Waals surface area contributed by atoms with Crippen molar-refractivity contribution in [2.45, 2.75) is 0 Å². The van der Waals surface area contributed by atoms with Crippen molar-refractivity contribution in [1.29, 1.82) is 0 Å². The molecule has 0 bridgehead atoms. The maximum atomic E-state index is 5.59. The Morgan fingerprint density at radius 2 is 1.93 bits per heavy atom. The number of aliphatic imine (C=N–C) groups is 1. The fourth-order valence-corrected chi connectivity index (χ4v) is 1.63. The molecule has 0 fully saturated rings. The van der Waals surface area contributed by atoms with Crippen molar-refractivity contribution < 1.29 is 0 Å². The van der Waals surface area contributed by atoms with E-state index in [1.54, 1.807) is 6.34 Å². The van der Waals surface area contributed by atoms with E-state index < -0.39 is 0 Å². The van der Waals surface area contributed by atoms with Crippen LogP contribution in [0.3, 0.4) is 0 Å². The molecule has 2 N–H and O–H groups in total. The van der Waals surface area contributed by atoms with Crippen molar-refractivity contribution in [2.24, 2.45) is 10.7 Å². The third kappa shape index (κ3) is 0.956. The molecule has 14 heavy (non-hydrogen) atoms. The molecule has 1 aromatic rings. The lowest BCUT2D eigenvalue weighted by molar-refractivity contribution is 0.900. The van der Waals surface area contributed by atoms with E-state index in [0.29, 0.717) is 5.82 Å². The van der Waals surface area contributed by atoms with Gasteiger partial charge in [0.05, 0.1) is 11.4 Å². The molecule has 0 atom stereocenters. The summed E-state index contributed by atoms with van der Waals surface area (Å²) in [6.45, 7) is 0. The van der Waals surface area contributed by atoms with Gasteiger partial charge in [-0.25, -0.2) is 4.99 Å². The van der Waals surface area contributed by atoms with Gasteiger partial charge in [-0.3, -0.25) is 4.90 Å². The van der Waals surface area contributed by atoms with Crippen LogP contribution in [0.2, 0.25) is 0 Å². The van der Waals surface area contributed by atoms with Gasteiger partial charge in [-0.1, -0.05) is 30.3 Å². The lowest BCUT2D eigenvalue weighted by atomic mass is 10.2. The highest BCUT2D eigenvalue weighted by molar-refractivity contribution is 5.95. The Labute approximate surface area is 81.9 Å².